The summed E-state index contributed by atoms with van der Waals surface area (Å²) in [6.45, 7) is 4.38. The molecule has 0 aliphatic heterocycles. The van der Waals surface area contributed by atoms with Crippen LogP contribution < -0.4 is 0 Å². The fraction of sp³-hybridized carbons (Fsp3) is 0.333. The van der Waals surface area contributed by atoms with Crippen molar-refractivity contribution in [3.63, 3.8) is 0 Å². The van der Waals surface area contributed by atoms with Crippen molar-refractivity contribution in [3.05, 3.63) is 35.4 Å². The third-order valence-electron chi connectivity index (χ3n) is 1.92. The zero-order valence-corrected chi connectivity index (χ0v) is 7.67. The summed E-state index contributed by atoms with van der Waals surface area (Å²) in [7, 11) is 0. The van der Waals surface area contributed by atoms with Gasteiger partial charge in [0.2, 0.25) is 0 Å². The molecule has 0 aliphatic rings. The van der Waals surface area contributed by atoms with Crippen molar-refractivity contribution in [2.24, 2.45) is 0 Å². The van der Waals surface area contributed by atoms with E-state index in [1.165, 1.54) is 11.1 Å². The minimum Gasteiger partial charge on any atom is -0.120 e. The summed E-state index contributed by atoms with van der Waals surface area (Å²) in [5, 5.41) is 0. The molecule has 0 saturated heterocycles. The minimum atomic E-state index is 0.586. The summed E-state index contributed by atoms with van der Waals surface area (Å²) in [5.41, 5.74) is 2.60. The summed E-state index contributed by atoms with van der Waals surface area (Å²) < 4.78 is 0. The normalized spacial score (nSPS) is 9.83. The first-order valence-corrected chi connectivity index (χ1v) is 4.26. The maximum atomic E-state index is 5.24. The number of hydrogen-bond acceptors (Lipinski definition) is 0. The van der Waals surface area contributed by atoms with Gasteiger partial charge in [0.1, 0.15) is 0 Å². The van der Waals surface area contributed by atoms with Gasteiger partial charge in [-0.05, 0) is 17.0 Å². The molecule has 0 aromatic heterocycles. The molecule has 1 aromatic carbocycles. The van der Waals surface area contributed by atoms with Gasteiger partial charge in [-0.1, -0.05) is 38.1 Å². The third kappa shape index (κ3) is 2.13. The molecule has 1 rings (SSSR count). The Morgan fingerprint density at radius 1 is 1.42 bits per heavy atom. The van der Waals surface area contributed by atoms with Crippen LogP contribution in [0.25, 0.3) is 0 Å². The Bertz CT molecular complexity index is 289. The van der Waals surface area contributed by atoms with Crippen molar-refractivity contribution in [3.8, 4) is 12.3 Å². The highest BCUT2D eigenvalue weighted by Crippen LogP contribution is 2.15. The standard InChI is InChI=1S/C12H14/c1-4-6-11-7-5-8-12(9-11)10(2)3/h1,5,7-10H,6H2,2-3H3. The summed E-state index contributed by atoms with van der Waals surface area (Å²) >= 11 is 0. The van der Waals surface area contributed by atoms with Gasteiger partial charge in [-0.2, -0.15) is 0 Å². The van der Waals surface area contributed by atoms with E-state index in [1.807, 2.05) is 0 Å². The topological polar surface area (TPSA) is 0 Å². The highest BCUT2D eigenvalue weighted by Gasteiger charge is 1.98. The quantitative estimate of drug-likeness (QED) is 0.580. The predicted octanol–water partition coefficient (Wildman–Crippen LogP) is 2.99. The van der Waals surface area contributed by atoms with Gasteiger partial charge in [0.25, 0.3) is 0 Å². The molecular weight excluding hydrogens is 144 g/mol. The Hall–Kier alpha value is -1.22. The van der Waals surface area contributed by atoms with Crippen LogP contribution in [0.5, 0.6) is 0 Å². The van der Waals surface area contributed by atoms with Crippen LogP contribution in [0.3, 0.4) is 0 Å². The zero-order chi connectivity index (χ0) is 8.97. The Morgan fingerprint density at radius 2 is 2.17 bits per heavy atom. The van der Waals surface area contributed by atoms with Gasteiger partial charge >= 0.3 is 0 Å². The van der Waals surface area contributed by atoms with E-state index in [0.717, 1.165) is 6.42 Å². The Labute approximate surface area is 74.6 Å². The molecule has 12 heavy (non-hydrogen) atoms. The molecular formula is C12H14. The molecule has 0 unspecified atom stereocenters. The number of rotatable bonds is 2. The van der Waals surface area contributed by atoms with Gasteiger partial charge in [0.15, 0.2) is 0 Å². The molecule has 0 heterocycles. The maximum Gasteiger partial charge on any atom is 0.0337 e. The predicted molar refractivity (Wildman–Crippen MR) is 53.1 cm³/mol. The Kier molecular flexibility index (Phi) is 2.94. The highest BCUT2D eigenvalue weighted by atomic mass is 14.0. The SMILES string of the molecule is C#CCc1cccc(C(C)C)c1. The van der Waals surface area contributed by atoms with Crippen molar-refractivity contribution >= 4 is 0 Å². The molecule has 0 N–H and O–H groups in total. The fourth-order valence-electron chi connectivity index (χ4n) is 1.18. The molecule has 62 valence electrons. The van der Waals surface area contributed by atoms with Crippen molar-refractivity contribution < 1.29 is 0 Å². The first-order valence-electron chi connectivity index (χ1n) is 4.26. The average Bonchev–Trinajstić information content (AvgIpc) is 2.05. The monoisotopic (exact) mass is 158 g/mol. The summed E-state index contributed by atoms with van der Waals surface area (Å²) in [6.07, 6.45) is 5.97. The van der Waals surface area contributed by atoms with Crippen LogP contribution in [0.2, 0.25) is 0 Å². The molecule has 0 radical (unpaired) electrons. The molecule has 1 aromatic rings. The van der Waals surface area contributed by atoms with Crippen LogP contribution in [0.1, 0.15) is 30.9 Å². The maximum absolute atomic E-state index is 5.24. The van der Waals surface area contributed by atoms with E-state index in [9.17, 15) is 0 Å². The lowest BCUT2D eigenvalue weighted by molar-refractivity contribution is 0.864. The van der Waals surface area contributed by atoms with Crippen LogP contribution in [-0.2, 0) is 6.42 Å². The molecule has 0 heteroatoms. The molecule has 0 fully saturated rings. The van der Waals surface area contributed by atoms with Gasteiger partial charge < -0.3 is 0 Å². The fourth-order valence-corrected chi connectivity index (χ4v) is 1.18. The largest absolute Gasteiger partial charge is 0.120 e. The molecule has 0 saturated carbocycles. The van der Waals surface area contributed by atoms with E-state index in [-0.39, 0.29) is 0 Å². The minimum absolute atomic E-state index is 0.586. The summed E-state index contributed by atoms with van der Waals surface area (Å²) in [6, 6.07) is 8.48. The van der Waals surface area contributed by atoms with Gasteiger partial charge in [0.05, 0.1) is 0 Å². The van der Waals surface area contributed by atoms with Crippen molar-refractivity contribution in [2.75, 3.05) is 0 Å². The van der Waals surface area contributed by atoms with Crippen LogP contribution in [0.15, 0.2) is 24.3 Å². The molecule has 0 atom stereocenters. The highest BCUT2D eigenvalue weighted by molar-refractivity contribution is 5.27. The lowest BCUT2D eigenvalue weighted by Gasteiger charge is -2.05. The van der Waals surface area contributed by atoms with E-state index in [4.69, 9.17) is 6.42 Å². The van der Waals surface area contributed by atoms with Crippen LogP contribution in [0.4, 0.5) is 0 Å². The Morgan fingerprint density at radius 3 is 2.75 bits per heavy atom. The van der Waals surface area contributed by atoms with Crippen molar-refractivity contribution in [2.45, 2.75) is 26.2 Å². The first-order chi connectivity index (χ1) is 5.74. The summed E-state index contributed by atoms with van der Waals surface area (Å²) in [5.74, 6) is 3.24. The summed E-state index contributed by atoms with van der Waals surface area (Å²) in [4.78, 5) is 0. The van der Waals surface area contributed by atoms with Crippen LogP contribution in [0, 0.1) is 12.3 Å². The van der Waals surface area contributed by atoms with E-state index in [0.29, 0.717) is 5.92 Å². The number of terminal acetylenes is 1. The number of benzene rings is 1. The van der Waals surface area contributed by atoms with Gasteiger partial charge in [-0.3, -0.25) is 0 Å². The Balaban J connectivity index is 2.90. The lowest BCUT2D eigenvalue weighted by Crippen LogP contribution is -1.89. The van der Waals surface area contributed by atoms with Crippen LogP contribution in [-0.4, -0.2) is 0 Å². The van der Waals surface area contributed by atoms with Gasteiger partial charge in [0, 0.05) is 6.42 Å². The average molecular weight is 158 g/mol. The molecule has 0 spiro atoms. The number of hydrogen-bond donors (Lipinski definition) is 0. The van der Waals surface area contributed by atoms with Crippen LogP contribution >= 0.6 is 0 Å². The molecule has 0 amide bonds. The zero-order valence-electron chi connectivity index (χ0n) is 7.67. The molecule has 0 nitrogen and oxygen atoms in total. The second-order valence-electron chi connectivity index (χ2n) is 3.28. The second kappa shape index (κ2) is 3.97. The third-order valence-corrected chi connectivity index (χ3v) is 1.92. The first kappa shape index (κ1) is 8.87. The van der Waals surface area contributed by atoms with E-state index in [1.54, 1.807) is 0 Å². The molecule has 0 bridgehead atoms. The smallest absolute Gasteiger partial charge is 0.0337 e. The van der Waals surface area contributed by atoms with Crippen molar-refractivity contribution in [1.29, 1.82) is 0 Å². The van der Waals surface area contributed by atoms with Crippen molar-refractivity contribution in [1.82, 2.24) is 0 Å². The lowest BCUT2D eigenvalue weighted by atomic mass is 10.00. The van der Waals surface area contributed by atoms with Gasteiger partial charge in [-0.15, -0.1) is 12.3 Å². The van der Waals surface area contributed by atoms with E-state index >= 15 is 0 Å². The molecule has 0 aliphatic carbocycles. The van der Waals surface area contributed by atoms with E-state index in [2.05, 4.69) is 44.0 Å². The van der Waals surface area contributed by atoms with E-state index < -0.39 is 0 Å². The van der Waals surface area contributed by atoms with Gasteiger partial charge in [-0.25, -0.2) is 0 Å². The second-order valence-corrected chi connectivity index (χ2v) is 3.28.